The van der Waals surface area contributed by atoms with Crippen LogP contribution in [0.15, 0.2) is 24.3 Å². The lowest BCUT2D eigenvalue weighted by atomic mass is 9.96. The number of nitrogens with zero attached hydrogens (tertiary/aromatic N) is 3. The summed E-state index contributed by atoms with van der Waals surface area (Å²) in [7, 11) is 0. The fourth-order valence-corrected chi connectivity index (χ4v) is 2.52. The van der Waals surface area contributed by atoms with Gasteiger partial charge in [0.25, 0.3) is 0 Å². The predicted molar refractivity (Wildman–Crippen MR) is 71.3 cm³/mol. The van der Waals surface area contributed by atoms with Gasteiger partial charge < -0.3 is 5.73 Å². The number of nitrogens with two attached hydrogens (primary N) is 1. The van der Waals surface area contributed by atoms with Gasteiger partial charge in [-0.15, -0.1) is 0 Å². The lowest BCUT2D eigenvalue weighted by Gasteiger charge is -2.28. The van der Waals surface area contributed by atoms with E-state index in [1.165, 1.54) is 4.68 Å². The average Bonchev–Trinajstić information content (AvgIpc) is 2.83. The predicted octanol–water partition coefficient (Wildman–Crippen LogP) is 2.84. The monoisotopic (exact) mass is 296 g/mol. The number of fused-ring (bicyclic) bond motifs is 1. The van der Waals surface area contributed by atoms with Crippen molar-refractivity contribution in [1.29, 1.82) is 0 Å². The molecule has 0 saturated heterocycles. The van der Waals surface area contributed by atoms with Crippen molar-refractivity contribution < 1.29 is 13.2 Å². The van der Waals surface area contributed by atoms with E-state index in [4.69, 9.17) is 5.73 Å². The van der Waals surface area contributed by atoms with Crippen LogP contribution in [-0.2, 0) is 6.54 Å². The van der Waals surface area contributed by atoms with Crippen LogP contribution in [-0.4, -0.2) is 20.9 Å². The third-order valence-electron chi connectivity index (χ3n) is 3.74. The highest BCUT2D eigenvalue weighted by molar-refractivity contribution is 5.55. The zero-order chi connectivity index (χ0) is 15.2. The molecule has 2 unspecified atom stereocenters. The third-order valence-corrected chi connectivity index (χ3v) is 3.74. The van der Waals surface area contributed by atoms with E-state index in [0.717, 1.165) is 11.1 Å². The van der Waals surface area contributed by atoms with E-state index in [-0.39, 0.29) is 13.0 Å². The molecule has 2 heterocycles. The third kappa shape index (κ3) is 2.65. The van der Waals surface area contributed by atoms with Crippen molar-refractivity contribution in [3.05, 3.63) is 35.7 Å². The molecule has 0 fully saturated rings. The summed E-state index contributed by atoms with van der Waals surface area (Å²) in [6.07, 6.45) is -4.40. The van der Waals surface area contributed by atoms with Crippen LogP contribution >= 0.6 is 0 Å². The number of alkyl halides is 3. The molecule has 7 heteroatoms. The largest absolute Gasteiger partial charge is 0.393 e. The van der Waals surface area contributed by atoms with E-state index in [2.05, 4.69) is 10.1 Å². The molecule has 2 atom stereocenters. The van der Waals surface area contributed by atoms with Crippen molar-refractivity contribution in [2.75, 3.05) is 0 Å². The maximum absolute atomic E-state index is 12.9. The molecular weight excluding hydrogens is 281 g/mol. The van der Waals surface area contributed by atoms with Crippen molar-refractivity contribution in [3.8, 4) is 11.4 Å². The van der Waals surface area contributed by atoms with E-state index >= 15 is 0 Å². The van der Waals surface area contributed by atoms with Crippen LogP contribution < -0.4 is 5.73 Å². The number of benzene rings is 1. The average molecular weight is 296 g/mol. The summed E-state index contributed by atoms with van der Waals surface area (Å²) in [5.74, 6) is -0.623. The van der Waals surface area contributed by atoms with Gasteiger partial charge >= 0.3 is 6.18 Å². The first-order chi connectivity index (χ1) is 9.84. The number of aryl methyl sites for hydroxylation is 1. The highest BCUT2D eigenvalue weighted by Gasteiger charge is 2.44. The van der Waals surface area contributed by atoms with Crippen LogP contribution in [0, 0.1) is 12.8 Å². The molecular formula is C14H15F3N4. The summed E-state index contributed by atoms with van der Waals surface area (Å²) in [6, 6.07) is 6.78. The Labute approximate surface area is 119 Å². The number of aromatic nitrogens is 3. The number of halogens is 3. The van der Waals surface area contributed by atoms with Crippen molar-refractivity contribution >= 4 is 0 Å². The van der Waals surface area contributed by atoms with Gasteiger partial charge in [-0.1, -0.05) is 29.8 Å². The first-order valence-electron chi connectivity index (χ1n) is 6.68. The topological polar surface area (TPSA) is 56.7 Å². The van der Waals surface area contributed by atoms with Crippen LogP contribution in [0.3, 0.4) is 0 Å². The molecule has 1 aromatic carbocycles. The summed E-state index contributed by atoms with van der Waals surface area (Å²) in [5.41, 5.74) is 7.70. The molecule has 1 aliphatic heterocycles. The normalized spacial score (nSPS) is 22.1. The quantitative estimate of drug-likeness (QED) is 0.880. The standard InChI is InChI=1S/C14H15F3N4/c1-8-2-4-9(5-3-8)12-19-13-11(18)6-10(14(15,16)17)7-21(13)20-12/h2-5,10-11H,6-7,18H2,1H3. The van der Waals surface area contributed by atoms with E-state index in [0.29, 0.717) is 11.6 Å². The SMILES string of the molecule is Cc1ccc(-c2nc3n(n2)CC(C(F)(F)F)CC3N)cc1. The molecule has 1 aromatic heterocycles. The van der Waals surface area contributed by atoms with E-state index in [1.807, 2.05) is 31.2 Å². The zero-order valence-electron chi connectivity index (χ0n) is 11.4. The smallest absolute Gasteiger partial charge is 0.321 e. The molecule has 1 aliphatic rings. The van der Waals surface area contributed by atoms with Crippen LogP contribution in [0.4, 0.5) is 13.2 Å². The maximum atomic E-state index is 12.9. The van der Waals surface area contributed by atoms with Gasteiger partial charge in [-0.25, -0.2) is 9.67 Å². The zero-order valence-corrected chi connectivity index (χ0v) is 11.4. The van der Waals surface area contributed by atoms with Crippen molar-refractivity contribution in [2.45, 2.75) is 32.1 Å². The fraction of sp³-hybridized carbons (Fsp3) is 0.429. The number of rotatable bonds is 1. The van der Waals surface area contributed by atoms with Crippen LogP contribution in [0.25, 0.3) is 11.4 Å². The minimum absolute atomic E-state index is 0.143. The summed E-state index contributed by atoms with van der Waals surface area (Å²) in [6.45, 7) is 1.74. The van der Waals surface area contributed by atoms with Crippen molar-refractivity contribution in [3.63, 3.8) is 0 Å². The second-order valence-corrected chi connectivity index (χ2v) is 5.42. The van der Waals surface area contributed by atoms with Gasteiger partial charge in [0.15, 0.2) is 5.82 Å². The lowest BCUT2D eigenvalue weighted by Crippen LogP contribution is -2.37. The molecule has 0 spiro atoms. The molecule has 21 heavy (non-hydrogen) atoms. The molecule has 112 valence electrons. The van der Waals surface area contributed by atoms with Crippen LogP contribution in [0.1, 0.15) is 23.9 Å². The van der Waals surface area contributed by atoms with Gasteiger partial charge in [0.1, 0.15) is 5.82 Å². The molecule has 0 aliphatic carbocycles. The van der Waals surface area contributed by atoms with Gasteiger partial charge in [-0.2, -0.15) is 18.3 Å². The molecule has 4 nitrogen and oxygen atoms in total. The van der Waals surface area contributed by atoms with Gasteiger partial charge in [0.05, 0.1) is 18.5 Å². The summed E-state index contributed by atoms with van der Waals surface area (Å²) < 4.78 is 39.9. The van der Waals surface area contributed by atoms with Gasteiger partial charge in [-0.05, 0) is 13.3 Å². The molecule has 0 bridgehead atoms. The Morgan fingerprint density at radius 3 is 2.52 bits per heavy atom. The molecule has 0 saturated carbocycles. The first kappa shape index (κ1) is 14.1. The molecule has 2 N–H and O–H groups in total. The van der Waals surface area contributed by atoms with Crippen LogP contribution in [0.5, 0.6) is 0 Å². The van der Waals surface area contributed by atoms with Gasteiger partial charge in [0.2, 0.25) is 0 Å². The minimum atomic E-state index is -4.26. The molecule has 0 radical (unpaired) electrons. The van der Waals surface area contributed by atoms with Gasteiger partial charge in [0, 0.05) is 5.56 Å². The molecule has 3 rings (SSSR count). The highest BCUT2D eigenvalue weighted by atomic mass is 19.4. The maximum Gasteiger partial charge on any atom is 0.393 e. The Bertz CT molecular complexity index is 645. The lowest BCUT2D eigenvalue weighted by molar-refractivity contribution is -0.184. The Kier molecular flexibility index (Phi) is 3.24. The van der Waals surface area contributed by atoms with Crippen LogP contribution in [0.2, 0.25) is 0 Å². The van der Waals surface area contributed by atoms with Crippen molar-refractivity contribution in [1.82, 2.24) is 14.8 Å². The van der Waals surface area contributed by atoms with E-state index in [9.17, 15) is 13.2 Å². The summed E-state index contributed by atoms with van der Waals surface area (Å²) in [5, 5.41) is 4.19. The van der Waals surface area contributed by atoms with E-state index in [1.54, 1.807) is 0 Å². The first-order valence-corrected chi connectivity index (χ1v) is 6.68. The van der Waals surface area contributed by atoms with Gasteiger partial charge in [-0.3, -0.25) is 0 Å². The summed E-state index contributed by atoms with van der Waals surface area (Å²) in [4.78, 5) is 4.31. The Morgan fingerprint density at radius 1 is 1.24 bits per heavy atom. The summed E-state index contributed by atoms with van der Waals surface area (Å²) >= 11 is 0. The Balaban J connectivity index is 1.94. The molecule has 0 amide bonds. The van der Waals surface area contributed by atoms with Crippen molar-refractivity contribution in [2.24, 2.45) is 11.7 Å². The Hall–Kier alpha value is -1.89. The minimum Gasteiger partial charge on any atom is -0.321 e. The number of hydrogen-bond donors (Lipinski definition) is 1. The fourth-order valence-electron chi connectivity index (χ4n) is 2.52. The highest BCUT2D eigenvalue weighted by Crippen LogP contribution is 2.37. The molecule has 2 aromatic rings. The second-order valence-electron chi connectivity index (χ2n) is 5.42. The second kappa shape index (κ2) is 4.84. The number of hydrogen-bond acceptors (Lipinski definition) is 3. The Morgan fingerprint density at radius 2 is 1.90 bits per heavy atom. The van der Waals surface area contributed by atoms with E-state index < -0.39 is 18.1 Å².